The molecule has 0 unspecified atom stereocenters. The minimum absolute atomic E-state index is 0.151. The van der Waals surface area contributed by atoms with Gasteiger partial charge >= 0.3 is 0 Å². The third-order valence-electron chi connectivity index (χ3n) is 5.53. The van der Waals surface area contributed by atoms with E-state index in [1.807, 2.05) is 0 Å². The molecule has 0 radical (unpaired) electrons. The highest BCUT2D eigenvalue weighted by molar-refractivity contribution is 9.10. The fraction of sp³-hybridized carbons (Fsp3) is 0.438. The van der Waals surface area contributed by atoms with Crippen LogP contribution >= 0.6 is 15.9 Å². The standard InChI is InChI=1S/C16H13BrN2O3/c17-12-4-1-7(22-12)6-18-19-15(20)13-8-2-3-9(11-5-10(8)11)14(13)16(19)21/h1-4,6,8-11,13-14H,5H2/b18-6-/t8-,9-,10-,11+,13-,14-/m1/s1. The number of halogens is 1. The zero-order valence-electron chi connectivity index (χ0n) is 11.6. The second-order valence-corrected chi connectivity index (χ2v) is 7.31. The minimum Gasteiger partial charge on any atom is -0.448 e. The van der Waals surface area contributed by atoms with Crippen molar-refractivity contribution in [2.45, 2.75) is 6.42 Å². The second kappa shape index (κ2) is 4.19. The Morgan fingerprint density at radius 2 is 1.77 bits per heavy atom. The number of nitrogens with zero attached hydrogens (tertiary/aromatic N) is 2. The highest BCUT2D eigenvalue weighted by Crippen LogP contribution is 2.65. The Morgan fingerprint density at radius 1 is 1.14 bits per heavy atom. The monoisotopic (exact) mass is 360 g/mol. The van der Waals surface area contributed by atoms with Crippen LogP contribution in [0.5, 0.6) is 0 Å². The normalized spacial score (nSPS) is 41.4. The van der Waals surface area contributed by atoms with Crippen molar-refractivity contribution < 1.29 is 14.0 Å². The fourth-order valence-corrected chi connectivity index (χ4v) is 4.89. The Hall–Kier alpha value is -1.69. The topological polar surface area (TPSA) is 62.9 Å². The highest BCUT2D eigenvalue weighted by atomic mass is 79.9. The number of rotatable bonds is 2. The number of hydrogen-bond donors (Lipinski definition) is 0. The van der Waals surface area contributed by atoms with Gasteiger partial charge < -0.3 is 4.42 Å². The Bertz CT molecular complexity index is 716. The molecule has 22 heavy (non-hydrogen) atoms. The largest absolute Gasteiger partial charge is 0.448 e. The third-order valence-corrected chi connectivity index (χ3v) is 5.96. The number of imide groups is 1. The van der Waals surface area contributed by atoms with Crippen LogP contribution in [0, 0.1) is 35.5 Å². The van der Waals surface area contributed by atoms with Gasteiger partial charge in [0, 0.05) is 0 Å². The number of allylic oxidation sites excluding steroid dienone is 2. The Labute approximate surface area is 135 Å². The fourth-order valence-electron chi connectivity index (χ4n) is 4.57. The van der Waals surface area contributed by atoms with Gasteiger partial charge in [-0.25, -0.2) is 0 Å². The first-order valence-corrected chi connectivity index (χ1v) is 8.30. The van der Waals surface area contributed by atoms with E-state index in [2.05, 4.69) is 33.2 Å². The van der Waals surface area contributed by atoms with Gasteiger partial charge in [0.15, 0.2) is 4.67 Å². The second-order valence-electron chi connectivity index (χ2n) is 6.53. The van der Waals surface area contributed by atoms with Crippen molar-refractivity contribution >= 4 is 34.0 Å². The molecule has 3 fully saturated rings. The van der Waals surface area contributed by atoms with Gasteiger partial charge in [-0.3, -0.25) is 9.59 Å². The number of amides is 2. The summed E-state index contributed by atoms with van der Waals surface area (Å²) in [4.78, 5) is 25.3. The van der Waals surface area contributed by atoms with E-state index in [0.29, 0.717) is 22.3 Å². The molecule has 0 N–H and O–H groups in total. The molecule has 1 saturated heterocycles. The molecule has 1 aromatic heterocycles. The molecule has 0 spiro atoms. The molecule has 0 aromatic carbocycles. The van der Waals surface area contributed by atoms with Crippen LogP contribution in [0.2, 0.25) is 0 Å². The summed E-state index contributed by atoms with van der Waals surface area (Å²) in [6, 6.07) is 3.47. The average molecular weight is 361 g/mol. The lowest BCUT2D eigenvalue weighted by molar-refractivity contribution is -0.140. The molecule has 2 heterocycles. The van der Waals surface area contributed by atoms with Crippen molar-refractivity contribution in [1.29, 1.82) is 0 Å². The van der Waals surface area contributed by atoms with E-state index in [-0.39, 0.29) is 35.5 Å². The van der Waals surface area contributed by atoms with Crippen LogP contribution in [0.3, 0.4) is 0 Å². The van der Waals surface area contributed by atoms with Crippen LogP contribution in [0.15, 0.2) is 38.5 Å². The number of hydrogen-bond acceptors (Lipinski definition) is 4. The van der Waals surface area contributed by atoms with Crippen LogP contribution in [0.1, 0.15) is 12.2 Å². The minimum atomic E-state index is -0.202. The van der Waals surface area contributed by atoms with Crippen LogP contribution < -0.4 is 0 Å². The van der Waals surface area contributed by atoms with Gasteiger partial charge in [-0.15, -0.1) is 0 Å². The van der Waals surface area contributed by atoms with Gasteiger partial charge in [0.25, 0.3) is 11.8 Å². The molecular formula is C16H13BrN2O3. The molecule has 5 aliphatic rings. The van der Waals surface area contributed by atoms with Gasteiger partial charge in [0.2, 0.25) is 0 Å². The summed E-state index contributed by atoms with van der Waals surface area (Å²) < 4.78 is 5.90. The number of hydrazone groups is 1. The van der Waals surface area contributed by atoms with E-state index in [1.54, 1.807) is 12.1 Å². The maximum Gasteiger partial charge on any atom is 0.254 e. The van der Waals surface area contributed by atoms with Crippen molar-refractivity contribution in [3.8, 4) is 0 Å². The molecule has 6 heteroatoms. The van der Waals surface area contributed by atoms with Gasteiger partial charge in [-0.2, -0.15) is 10.1 Å². The lowest BCUT2D eigenvalue weighted by Crippen LogP contribution is -2.40. The zero-order valence-corrected chi connectivity index (χ0v) is 13.1. The Balaban J connectivity index is 1.46. The Kier molecular flexibility index (Phi) is 2.44. The highest BCUT2D eigenvalue weighted by Gasteiger charge is 2.67. The number of carbonyl (C=O) groups excluding carboxylic acids is 2. The predicted molar refractivity (Wildman–Crippen MR) is 80.6 cm³/mol. The quantitative estimate of drug-likeness (QED) is 0.462. The molecule has 2 bridgehead atoms. The first kappa shape index (κ1) is 12.8. The summed E-state index contributed by atoms with van der Waals surface area (Å²) in [5.74, 6) is 1.48. The van der Waals surface area contributed by atoms with Crippen molar-refractivity contribution in [1.82, 2.24) is 5.01 Å². The van der Waals surface area contributed by atoms with Gasteiger partial charge in [-0.05, 0) is 58.2 Å². The van der Waals surface area contributed by atoms with Gasteiger partial charge in [0.05, 0.1) is 18.1 Å². The molecule has 5 nitrogen and oxygen atoms in total. The summed E-state index contributed by atoms with van der Waals surface area (Å²) in [5.41, 5.74) is 0. The molecule has 112 valence electrons. The van der Waals surface area contributed by atoms with Crippen LogP contribution in [-0.2, 0) is 9.59 Å². The molecular weight excluding hydrogens is 348 g/mol. The van der Waals surface area contributed by atoms with Gasteiger partial charge in [-0.1, -0.05) is 12.2 Å². The summed E-state index contributed by atoms with van der Waals surface area (Å²) >= 11 is 3.21. The zero-order chi connectivity index (χ0) is 15.0. The SMILES string of the molecule is O=C1[C@@H]2[C@@H]3C=C[C@H]([C@@H]4C[C@H]34)[C@H]2C(=O)N1/N=C\c1ccc(Br)o1. The lowest BCUT2D eigenvalue weighted by Gasteiger charge is -2.37. The van der Waals surface area contributed by atoms with E-state index < -0.39 is 0 Å². The molecule has 2 saturated carbocycles. The first-order valence-electron chi connectivity index (χ1n) is 7.50. The average Bonchev–Trinajstić information content (AvgIpc) is 3.19. The van der Waals surface area contributed by atoms with Crippen LogP contribution in [0.4, 0.5) is 0 Å². The first-order chi connectivity index (χ1) is 10.6. The van der Waals surface area contributed by atoms with Crippen molar-refractivity contribution in [3.63, 3.8) is 0 Å². The summed E-state index contributed by atoms with van der Waals surface area (Å²) in [5, 5.41) is 5.16. The van der Waals surface area contributed by atoms with E-state index >= 15 is 0 Å². The predicted octanol–water partition coefficient (Wildman–Crippen LogP) is 2.43. The van der Waals surface area contributed by atoms with E-state index in [1.165, 1.54) is 12.6 Å². The molecule has 4 aliphatic carbocycles. The van der Waals surface area contributed by atoms with Crippen LogP contribution in [-0.4, -0.2) is 23.0 Å². The number of carbonyl (C=O) groups is 2. The van der Waals surface area contributed by atoms with Crippen molar-refractivity contribution in [2.75, 3.05) is 0 Å². The lowest BCUT2D eigenvalue weighted by atomic mass is 9.63. The molecule has 2 amide bonds. The van der Waals surface area contributed by atoms with Crippen molar-refractivity contribution in [3.05, 3.63) is 34.7 Å². The molecule has 1 aliphatic heterocycles. The van der Waals surface area contributed by atoms with Crippen molar-refractivity contribution in [2.24, 2.45) is 40.6 Å². The third kappa shape index (κ3) is 1.56. The van der Waals surface area contributed by atoms with E-state index in [4.69, 9.17) is 4.42 Å². The Morgan fingerprint density at radius 3 is 2.32 bits per heavy atom. The number of furan rings is 1. The van der Waals surface area contributed by atoms with E-state index in [0.717, 1.165) is 5.01 Å². The summed E-state index contributed by atoms with van der Waals surface area (Å²) in [6.45, 7) is 0. The maximum atomic E-state index is 12.6. The van der Waals surface area contributed by atoms with E-state index in [9.17, 15) is 9.59 Å². The smallest absolute Gasteiger partial charge is 0.254 e. The maximum absolute atomic E-state index is 12.6. The molecule has 1 aromatic rings. The molecule has 6 rings (SSSR count). The summed E-state index contributed by atoms with van der Waals surface area (Å²) in [6.07, 6.45) is 6.90. The summed E-state index contributed by atoms with van der Waals surface area (Å²) in [7, 11) is 0. The molecule has 6 atom stereocenters. The van der Waals surface area contributed by atoms with Crippen LogP contribution in [0.25, 0.3) is 0 Å². The van der Waals surface area contributed by atoms with Gasteiger partial charge in [0.1, 0.15) is 5.76 Å².